The van der Waals surface area contributed by atoms with E-state index in [1.54, 1.807) is 0 Å². The molecule has 2 heterocycles. The second-order valence-electron chi connectivity index (χ2n) is 7.10. The predicted octanol–water partition coefficient (Wildman–Crippen LogP) is 4.36. The van der Waals surface area contributed by atoms with Gasteiger partial charge in [0.05, 0.1) is 0 Å². The van der Waals surface area contributed by atoms with E-state index in [0.29, 0.717) is 0 Å². The smallest absolute Gasteiger partial charge is 0.133 e. The molecule has 1 saturated heterocycles. The van der Waals surface area contributed by atoms with Crippen LogP contribution in [0.1, 0.15) is 52.5 Å². The first-order chi connectivity index (χ1) is 9.89. The summed E-state index contributed by atoms with van der Waals surface area (Å²) in [5, 5.41) is 3.58. The molecular weight excluding hydrogens is 326 g/mol. The molecule has 0 radical (unpaired) electrons. The van der Waals surface area contributed by atoms with Crippen LogP contribution in [0.15, 0.2) is 16.7 Å². The van der Waals surface area contributed by atoms with E-state index < -0.39 is 0 Å². The minimum absolute atomic E-state index is 0.118. The van der Waals surface area contributed by atoms with Crippen molar-refractivity contribution in [2.75, 3.05) is 18.0 Å². The van der Waals surface area contributed by atoms with Crippen LogP contribution in [0.4, 0.5) is 5.82 Å². The maximum atomic E-state index is 4.71. The van der Waals surface area contributed by atoms with Gasteiger partial charge in [0.1, 0.15) is 5.82 Å². The standard InChI is InChI=1S/C17H28BrN3/c1-5-13-7-6-8-21(12-13)16-14(9-15(18)11-19-16)10-20-17(2,3)4/h9,11,13,20H,5-8,10,12H2,1-4H3. The number of hydrogen-bond acceptors (Lipinski definition) is 3. The first-order valence-corrected chi connectivity index (χ1v) is 8.82. The van der Waals surface area contributed by atoms with E-state index in [4.69, 9.17) is 4.98 Å². The molecule has 1 N–H and O–H groups in total. The first-order valence-electron chi connectivity index (χ1n) is 8.03. The van der Waals surface area contributed by atoms with Crippen LogP contribution in [0.5, 0.6) is 0 Å². The number of rotatable bonds is 4. The molecular formula is C17H28BrN3. The highest BCUT2D eigenvalue weighted by atomic mass is 79.9. The molecule has 1 atom stereocenters. The molecule has 1 unspecified atom stereocenters. The lowest BCUT2D eigenvalue weighted by atomic mass is 9.95. The molecule has 4 heteroatoms. The van der Waals surface area contributed by atoms with E-state index in [1.807, 2.05) is 6.20 Å². The monoisotopic (exact) mass is 353 g/mol. The van der Waals surface area contributed by atoms with Crippen molar-refractivity contribution >= 4 is 21.7 Å². The average molecular weight is 354 g/mol. The third-order valence-electron chi connectivity index (χ3n) is 4.11. The van der Waals surface area contributed by atoms with E-state index in [2.05, 4.69) is 59.9 Å². The van der Waals surface area contributed by atoms with Crippen LogP contribution in [0.25, 0.3) is 0 Å². The highest BCUT2D eigenvalue weighted by Gasteiger charge is 2.22. The molecule has 0 saturated carbocycles. The summed E-state index contributed by atoms with van der Waals surface area (Å²) in [6, 6.07) is 2.20. The van der Waals surface area contributed by atoms with Crippen LogP contribution in [-0.4, -0.2) is 23.6 Å². The number of aromatic nitrogens is 1. The van der Waals surface area contributed by atoms with Gasteiger partial charge < -0.3 is 10.2 Å². The van der Waals surface area contributed by atoms with E-state index in [1.165, 1.54) is 24.8 Å². The zero-order chi connectivity index (χ0) is 15.5. The van der Waals surface area contributed by atoms with E-state index in [-0.39, 0.29) is 5.54 Å². The number of pyridine rings is 1. The summed E-state index contributed by atoms with van der Waals surface area (Å²) in [4.78, 5) is 7.19. The molecule has 1 aromatic rings. The Kier molecular flexibility index (Phi) is 5.67. The Bertz CT molecular complexity index is 468. The lowest BCUT2D eigenvalue weighted by Gasteiger charge is -2.34. The van der Waals surface area contributed by atoms with Gasteiger partial charge in [0, 0.05) is 41.4 Å². The van der Waals surface area contributed by atoms with Gasteiger partial charge >= 0.3 is 0 Å². The van der Waals surface area contributed by atoms with E-state index in [0.717, 1.165) is 35.8 Å². The quantitative estimate of drug-likeness (QED) is 0.871. The Balaban J connectivity index is 2.17. The van der Waals surface area contributed by atoms with Crippen molar-refractivity contribution in [1.29, 1.82) is 0 Å². The molecule has 1 aromatic heterocycles. The summed E-state index contributed by atoms with van der Waals surface area (Å²) < 4.78 is 1.06. The Morgan fingerprint density at radius 2 is 2.19 bits per heavy atom. The molecule has 118 valence electrons. The number of nitrogens with one attached hydrogen (secondary N) is 1. The summed E-state index contributed by atoms with van der Waals surface area (Å²) in [5.74, 6) is 1.97. The first kappa shape index (κ1) is 16.8. The molecule has 0 aromatic carbocycles. The van der Waals surface area contributed by atoms with Crippen LogP contribution in [0.2, 0.25) is 0 Å². The Hall–Kier alpha value is -0.610. The largest absolute Gasteiger partial charge is 0.356 e. The molecule has 0 amide bonds. The minimum atomic E-state index is 0.118. The van der Waals surface area contributed by atoms with Crippen molar-refractivity contribution in [2.24, 2.45) is 5.92 Å². The summed E-state index contributed by atoms with van der Waals surface area (Å²) in [6.07, 6.45) is 5.83. The number of hydrogen-bond donors (Lipinski definition) is 1. The zero-order valence-electron chi connectivity index (χ0n) is 13.7. The maximum Gasteiger partial charge on any atom is 0.133 e. The molecule has 0 aliphatic carbocycles. The van der Waals surface area contributed by atoms with Crippen LogP contribution in [0.3, 0.4) is 0 Å². The molecule has 1 aliphatic rings. The van der Waals surface area contributed by atoms with Gasteiger partial charge in [-0.3, -0.25) is 0 Å². The maximum absolute atomic E-state index is 4.71. The van der Waals surface area contributed by atoms with E-state index >= 15 is 0 Å². The van der Waals surface area contributed by atoms with Crippen molar-refractivity contribution < 1.29 is 0 Å². The summed E-state index contributed by atoms with van der Waals surface area (Å²) in [7, 11) is 0. The Labute approximate surface area is 137 Å². The molecule has 0 spiro atoms. The highest BCUT2D eigenvalue weighted by Crippen LogP contribution is 2.28. The third kappa shape index (κ3) is 4.96. The molecule has 21 heavy (non-hydrogen) atoms. The van der Waals surface area contributed by atoms with Gasteiger partial charge in [-0.15, -0.1) is 0 Å². The van der Waals surface area contributed by atoms with Gasteiger partial charge in [-0.1, -0.05) is 13.3 Å². The van der Waals surface area contributed by atoms with Crippen LogP contribution >= 0.6 is 15.9 Å². The second-order valence-corrected chi connectivity index (χ2v) is 8.02. The molecule has 1 aliphatic heterocycles. The average Bonchev–Trinajstić information content (AvgIpc) is 2.44. The van der Waals surface area contributed by atoms with Gasteiger partial charge in [-0.25, -0.2) is 4.98 Å². The Morgan fingerprint density at radius 1 is 1.43 bits per heavy atom. The van der Waals surface area contributed by atoms with Crippen LogP contribution < -0.4 is 10.2 Å². The predicted molar refractivity (Wildman–Crippen MR) is 93.8 cm³/mol. The number of halogens is 1. The highest BCUT2D eigenvalue weighted by molar-refractivity contribution is 9.10. The second kappa shape index (κ2) is 7.10. The molecule has 1 fully saturated rings. The number of nitrogens with zero attached hydrogens (tertiary/aromatic N) is 2. The number of piperidine rings is 1. The lowest BCUT2D eigenvalue weighted by molar-refractivity contribution is 0.399. The zero-order valence-corrected chi connectivity index (χ0v) is 15.3. The van der Waals surface area contributed by atoms with Gasteiger partial charge in [0.25, 0.3) is 0 Å². The van der Waals surface area contributed by atoms with Crippen molar-refractivity contribution in [3.63, 3.8) is 0 Å². The molecule has 3 nitrogen and oxygen atoms in total. The molecule has 2 rings (SSSR count). The molecule has 0 bridgehead atoms. The topological polar surface area (TPSA) is 28.2 Å². The van der Waals surface area contributed by atoms with Crippen molar-refractivity contribution in [1.82, 2.24) is 10.3 Å². The Morgan fingerprint density at radius 3 is 2.86 bits per heavy atom. The van der Waals surface area contributed by atoms with Gasteiger partial charge in [-0.05, 0) is 61.5 Å². The van der Waals surface area contributed by atoms with E-state index in [9.17, 15) is 0 Å². The third-order valence-corrected chi connectivity index (χ3v) is 4.55. The fraction of sp³-hybridized carbons (Fsp3) is 0.706. The summed E-state index contributed by atoms with van der Waals surface area (Å²) in [6.45, 7) is 12.0. The fourth-order valence-electron chi connectivity index (χ4n) is 2.84. The van der Waals surface area contributed by atoms with Gasteiger partial charge in [-0.2, -0.15) is 0 Å². The lowest BCUT2D eigenvalue weighted by Crippen LogP contribution is -2.38. The van der Waals surface area contributed by atoms with Gasteiger partial charge in [0.15, 0.2) is 0 Å². The minimum Gasteiger partial charge on any atom is -0.356 e. The van der Waals surface area contributed by atoms with Crippen LogP contribution in [-0.2, 0) is 6.54 Å². The normalized spacial score (nSPS) is 19.9. The fourth-order valence-corrected chi connectivity index (χ4v) is 3.22. The number of anilines is 1. The summed E-state index contributed by atoms with van der Waals surface area (Å²) in [5.41, 5.74) is 1.41. The van der Waals surface area contributed by atoms with Crippen molar-refractivity contribution in [3.05, 3.63) is 22.3 Å². The van der Waals surface area contributed by atoms with Crippen LogP contribution in [0, 0.1) is 5.92 Å². The van der Waals surface area contributed by atoms with Crippen molar-refractivity contribution in [2.45, 2.75) is 59.0 Å². The van der Waals surface area contributed by atoms with Crippen molar-refractivity contribution in [3.8, 4) is 0 Å². The SMILES string of the molecule is CCC1CCCN(c2ncc(Br)cc2CNC(C)(C)C)C1. The summed E-state index contributed by atoms with van der Waals surface area (Å²) >= 11 is 3.56. The van der Waals surface area contributed by atoms with Gasteiger partial charge in [0.2, 0.25) is 0 Å².